The Morgan fingerprint density at radius 1 is 1.14 bits per heavy atom. The van der Waals surface area contributed by atoms with Gasteiger partial charge < -0.3 is 19.3 Å². The molecule has 14 heteroatoms. The minimum absolute atomic E-state index is 0.0157. The van der Waals surface area contributed by atoms with Crippen molar-refractivity contribution in [1.29, 1.82) is 0 Å². The van der Waals surface area contributed by atoms with E-state index in [2.05, 4.69) is 20.7 Å². The van der Waals surface area contributed by atoms with E-state index in [1.54, 1.807) is 6.92 Å². The van der Waals surface area contributed by atoms with Gasteiger partial charge in [-0.3, -0.25) is 9.13 Å². The van der Waals surface area contributed by atoms with Crippen LogP contribution in [0.1, 0.15) is 28.4 Å². The highest BCUT2D eigenvalue weighted by molar-refractivity contribution is 9.10. The molecule has 2 aromatic carbocycles. The topological polar surface area (TPSA) is 137 Å². The van der Waals surface area contributed by atoms with Crippen molar-refractivity contribution in [3.8, 4) is 11.3 Å². The second-order valence-electron chi connectivity index (χ2n) is 7.42. The fraction of sp³-hybridized carbons (Fsp3) is 0.227. The summed E-state index contributed by atoms with van der Waals surface area (Å²) in [6, 6.07) is 9.22. The van der Waals surface area contributed by atoms with Crippen molar-refractivity contribution in [3.63, 3.8) is 0 Å². The summed E-state index contributed by atoms with van der Waals surface area (Å²) in [5, 5.41) is 0. The summed E-state index contributed by atoms with van der Waals surface area (Å²) >= 11 is 2.91. The van der Waals surface area contributed by atoms with Crippen molar-refractivity contribution in [2.24, 2.45) is 0 Å². The molecule has 10 nitrogen and oxygen atoms in total. The van der Waals surface area contributed by atoms with E-state index in [1.165, 1.54) is 54.3 Å². The molecular weight excluding hydrogens is 569 g/mol. The Morgan fingerprint density at radius 3 is 2.31 bits per heavy atom. The molecular formula is C22H20BrF2N2O8P. The summed E-state index contributed by atoms with van der Waals surface area (Å²) < 4.78 is 50.8. The SMILES string of the molecule is CCOC(=O)n1cc(-c2ccc(C(=O)OC)cc2)n(Cc2ccc(C(F)(F)P(=O)(O)O)c(Br)c2)c1=O. The lowest BCUT2D eigenvalue weighted by Crippen LogP contribution is -2.30. The van der Waals surface area contributed by atoms with Crippen molar-refractivity contribution in [1.82, 2.24) is 9.13 Å². The molecule has 3 aromatic rings. The predicted octanol–water partition coefficient (Wildman–Crippen LogP) is 4.15. The van der Waals surface area contributed by atoms with E-state index in [0.29, 0.717) is 11.1 Å². The first-order valence-corrected chi connectivity index (χ1v) is 12.6. The molecule has 0 aliphatic rings. The van der Waals surface area contributed by atoms with E-state index < -0.39 is 36.6 Å². The van der Waals surface area contributed by atoms with Gasteiger partial charge in [0.15, 0.2) is 0 Å². The Balaban J connectivity index is 2.08. The fourth-order valence-electron chi connectivity index (χ4n) is 3.32. The zero-order valence-corrected chi connectivity index (χ0v) is 21.3. The van der Waals surface area contributed by atoms with Crippen LogP contribution in [0.3, 0.4) is 0 Å². The third-order valence-electron chi connectivity index (χ3n) is 5.11. The highest BCUT2D eigenvalue weighted by Gasteiger charge is 2.51. The molecule has 0 saturated carbocycles. The highest BCUT2D eigenvalue weighted by Crippen LogP contribution is 2.60. The van der Waals surface area contributed by atoms with Crippen LogP contribution in [0, 0.1) is 0 Å². The summed E-state index contributed by atoms with van der Waals surface area (Å²) in [5.74, 6) is -0.569. The van der Waals surface area contributed by atoms with Crippen LogP contribution in [-0.2, 0) is 26.2 Å². The minimum atomic E-state index is -5.79. The number of methoxy groups -OCH3 is 1. The lowest BCUT2D eigenvalue weighted by molar-refractivity contribution is 0.0557. The van der Waals surface area contributed by atoms with Crippen LogP contribution in [0.25, 0.3) is 11.3 Å². The van der Waals surface area contributed by atoms with Crippen LogP contribution in [-0.4, -0.2) is 44.7 Å². The van der Waals surface area contributed by atoms with Crippen LogP contribution in [0.5, 0.6) is 0 Å². The van der Waals surface area contributed by atoms with Gasteiger partial charge in [-0.1, -0.05) is 40.2 Å². The van der Waals surface area contributed by atoms with E-state index in [-0.39, 0.29) is 28.9 Å². The van der Waals surface area contributed by atoms with Gasteiger partial charge >= 0.3 is 31.0 Å². The standard InChI is InChI=1S/C22H20BrF2N2O8P/c1-3-35-21(30)27-12-18(14-5-7-15(8-6-14)19(28)34-2)26(20(27)29)11-13-4-9-16(17(23)10-13)22(24,25)36(31,32)33/h4-10,12H,3,11H2,1-2H3,(H2,31,32,33). The summed E-state index contributed by atoms with van der Waals surface area (Å²) in [6.45, 7) is 1.39. The number of alkyl halides is 2. The monoisotopic (exact) mass is 588 g/mol. The first-order chi connectivity index (χ1) is 16.8. The molecule has 0 amide bonds. The smallest absolute Gasteiger partial charge is 0.422 e. The first-order valence-electron chi connectivity index (χ1n) is 10.2. The molecule has 0 radical (unpaired) electrons. The lowest BCUT2D eigenvalue weighted by Gasteiger charge is -2.19. The van der Waals surface area contributed by atoms with Crippen LogP contribution in [0.15, 0.2) is 57.9 Å². The van der Waals surface area contributed by atoms with Crippen molar-refractivity contribution in [3.05, 3.63) is 80.3 Å². The Kier molecular flexibility index (Phi) is 7.99. The van der Waals surface area contributed by atoms with E-state index in [4.69, 9.17) is 14.5 Å². The number of halogens is 3. The number of benzene rings is 2. The molecule has 0 spiro atoms. The van der Waals surface area contributed by atoms with Crippen molar-refractivity contribution >= 4 is 35.6 Å². The second kappa shape index (κ2) is 10.5. The summed E-state index contributed by atoms with van der Waals surface area (Å²) in [7, 11) is -4.56. The summed E-state index contributed by atoms with van der Waals surface area (Å²) in [6.07, 6.45) is 0.324. The zero-order chi connectivity index (χ0) is 26.8. The number of imidazole rings is 1. The van der Waals surface area contributed by atoms with E-state index in [1.807, 2.05) is 0 Å². The molecule has 0 bridgehead atoms. The number of rotatable bonds is 7. The van der Waals surface area contributed by atoms with Crippen molar-refractivity contribution in [2.45, 2.75) is 19.1 Å². The zero-order valence-electron chi connectivity index (χ0n) is 18.9. The maximum Gasteiger partial charge on any atom is 0.422 e. The van der Waals surface area contributed by atoms with Gasteiger partial charge in [-0.2, -0.15) is 8.78 Å². The van der Waals surface area contributed by atoms with Gasteiger partial charge in [0.2, 0.25) is 0 Å². The Bertz CT molecular complexity index is 1410. The van der Waals surface area contributed by atoms with Crippen LogP contribution < -0.4 is 5.69 Å². The highest BCUT2D eigenvalue weighted by atomic mass is 79.9. The van der Waals surface area contributed by atoms with E-state index in [0.717, 1.165) is 10.6 Å². The van der Waals surface area contributed by atoms with Gasteiger partial charge in [0.1, 0.15) is 0 Å². The molecule has 36 heavy (non-hydrogen) atoms. The number of nitrogens with zero attached hydrogens (tertiary/aromatic N) is 2. The van der Waals surface area contributed by atoms with Gasteiger partial charge in [0, 0.05) is 16.2 Å². The molecule has 0 unspecified atom stereocenters. The second-order valence-corrected chi connectivity index (χ2v) is 9.92. The number of aromatic nitrogens is 2. The van der Waals surface area contributed by atoms with Crippen molar-refractivity contribution in [2.75, 3.05) is 13.7 Å². The average molecular weight is 589 g/mol. The number of carbonyl (C=O) groups is 2. The van der Waals surface area contributed by atoms with Gasteiger partial charge in [0.25, 0.3) is 0 Å². The Hall–Kier alpha value is -3.12. The molecule has 1 aromatic heterocycles. The maximum absolute atomic E-state index is 14.2. The van der Waals surface area contributed by atoms with Gasteiger partial charge in [-0.15, -0.1) is 0 Å². The molecule has 0 atom stereocenters. The maximum atomic E-state index is 14.2. The predicted molar refractivity (Wildman–Crippen MR) is 127 cm³/mol. The van der Waals surface area contributed by atoms with Crippen LogP contribution >= 0.6 is 23.5 Å². The van der Waals surface area contributed by atoms with Gasteiger partial charge in [-0.25, -0.2) is 19.0 Å². The van der Waals surface area contributed by atoms with Gasteiger partial charge in [0.05, 0.1) is 31.5 Å². The number of hydrogen-bond acceptors (Lipinski definition) is 6. The van der Waals surface area contributed by atoms with Crippen LogP contribution in [0.2, 0.25) is 0 Å². The number of esters is 1. The molecule has 0 aliphatic carbocycles. The Labute approximate surface area is 211 Å². The average Bonchev–Trinajstić information content (AvgIpc) is 3.14. The molecule has 3 rings (SSSR count). The number of ether oxygens (including phenoxy) is 2. The molecule has 0 fully saturated rings. The number of carbonyl (C=O) groups excluding carboxylic acids is 2. The first kappa shape index (κ1) is 27.5. The molecule has 1 heterocycles. The van der Waals surface area contributed by atoms with Gasteiger partial charge in [-0.05, 0) is 36.2 Å². The largest absolute Gasteiger partial charge is 0.465 e. The molecule has 0 aliphatic heterocycles. The third kappa shape index (κ3) is 5.34. The quantitative estimate of drug-likeness (QED) is 0.310. The lowest BCUT2D eigenvalue weighted by atomic mass is 10.1. The third-order valence-corrected chi connectivity index (χ3v) is 6.74. The minimum Gasteiger partial charge on any atom is -0.465 e. The van der Waals surface area contributed by atoms with Crippen molar-refractivity contribution < 1.29 is 42.2 Å². The van der Waals surface area contributed by atoms with E-state index in [9.17, 15) is 27.7 Å². The fourth-order valence-corrected chi connectivity index (χ4v) is 4.66. The normalized spacial score (nSPS) is 11.9. The molecule has 2 N–H and O–H groups in total. The summed E-state index contributed by atoms with van der Waals surface area (Å²) in [4.78, 5) is 55.1. The Morgan fingerprint density at radius 2 is 1.78 bits per heavy atom. The van der Waals surface area contributed by atoms with E-state index >= 15 is 0 Å². The van der Waals surface area contributed by atoms with Crippen LogP contribution in [0.4, 0.5) is 13.6 Å². The molecule has 192 valence electrons. The number of hydrogen-bond donors (Lipinski definition) is 2. The molecule has 0 saturated heterocycles. The summed E-state index contributed by atoms with van der Waals surface area (Å²) in [5.41, 5.74) is -4.86.